The molecule has 1 heterocycles. The maximum Gasteiger partial charge on any atom is 0.129 e. The molecule has 10 heavy (non-hydrogen) atoms. The molecule has 1 saturated heterocycles. The minimum absolute atomic E-state index is 0. The minimum atomic E-state index is -0.247. The average molecular weight is 141 g/mol. The van der Waals surface area contributed by atoms with Gasteiger partial charge in [-0.05, 0) is 12.4 Å². The van der Waals surface area contributed by atoms with Crippen LogP contribution in [-0.4, -0.2) is 26.7 Å². The number of Topliss-reactive ketones (excluding diaryl/α,β-unsaturated/α-hetero) is 1. The predicted molar refractivity (Wildman–Crippen MR) is 45.5 cm³/mol. The molecular formula is C7H16BNO. The highest BCUT2D eigenvalue weighted by atomic mass is 16.1. The molecule has 58 valence electrons. The Morgan fingerprint density at radius 1 is 1.70 bits per heavy atom. The molecule has 1 aliphatic heterocycles. The lowest BCUT2D eigenvalue weighted by Crippen LogP contribution is -2.33. The second-order valence-corrected chi connectivity index (χ2v) is 2.03. The fourth-order valence-corrected chi connectivity index (χ4v) is 0.768. The van der Waals surface area contributed by atoms with E-state index in [2.05, 4.69) is 5.32 Å². The van der Waals surface area contributed by atoms with E-state index in [1.807, 2.05) is 13.8 Å². The van der Waals surface area contributed by atoms with Crippen molar-refractivity contribution in [3.63, 3.8) is 0 Å². The Hall–Kier alpha value is -0.305. The van der Waals surface area contributed by atoms with Crippen LogP contribution in [0.4, 0.5) is 0 Å². The minimum Gasteiger partial charge on any atom is -0.316 e. The van der Waals surface area contributed by atoms with Crippen molar-refractivity contribution in [1.29, 1.82) is 0 Å². The summed E-state index contributed by atoms with van der Waals surface area (Å²) in [6.45, 7) is 5.45. The molecule has 1 rings (SSSR count). The smallest absolute Gasteiger partial charge is 0.129 e. The van der Waals surface area contributed by atoms with Gasteiger partial charge in [-0.3, -0.25) is 0 Å². The summed E-state index contributed by atoms with van der Waals surface area (Å²) in [4.78, 5) is 10.6. The van der Waals surface area contributed by atoms with Gasteiger partial charge in [-0.25, -0.2) is 0 Å². The zero-order valence-corrected chi connectivity index (χ0v) is 6.68. The van der Waals surface area contributed by atoms with Gasteiger partial charge in [-0.1, -0.05) is 13.8 Å². The molecule has 0 amide bonds. The Labute approximate surface area is 65.3 Å². The van der Waals surface area contributed by atoms with Crippen molar-refractivity contribution < 1.29 is 6.22 Å². The summed E-state index contributed by atoms with van der Waals surface area (Å²) < 4.78 is 0. The molecular weight excluding hydrogens is 125 g/mol. The van der Waals surface area contributed by atoms with E-state index in [1.54, 1.807) is 0 Å². The highest BCUT2D eigenvalue weighted by Gasteiger charge is 2.15. The fourth-order valence-electron chi connectivity index (χ4n) is 0.768. The Bertz CT molecular complexity index is 111. The van der Waals surface area contributed by atoms with Crippen molar-refractivity contribution in [3.05, 3.63) is 0 Å². The summed E-state index contributed by atoms with van der Waals surface area (Å²) in [5.74, 6) is -0.0625. The topological polar surface area (TPSA) is 29.1 Å². The number of hydrogen-bond donors (Lipinski definition) is 1. The summed E-state index contributed by atoms with van der Waals surface area (Å²) in [6, 6.07) is 0. The van der Waals surface area contributed by atoms with Gasteiger partial charge < -0.3 is 10.1 Å². The molecule has 0 spiro atoms. The van der Waals surface area contributed by atoms with E-state index < -0.39 is 0 Å². The van der Waals surface area contributed by atoms with E-state index in [0.717, 1.165) is 6.54 Å². The van der Waals surface area contributed by atoms with Crippen molar-refractivity contribution in [1.82, 2.24) is 5.32 Å². The van der Waals surface area contributed by atoms with Gasteiger partial charge in [0.1, 0.15) is 5.78 Å². The quantitative estimate of drug-likeness (QED) is 0.505. The van der Waals surface area contributed by atoms with Crippen molar-refractivity contribution in [3.8, 4) is 0 Å². The van der Waals surface area contributed by atoms with Gasteiger partial charge in [0.2, 0.25) is 0 Å². The van der Waals surface area contributed by atoms with Crippen LogP contribution in [-0.2, 0) is 4.79 Å². The molecule has 0 aliphatic carbocycles. The van der Waals surface area contributed by atoms with Crippen molar-refractivity contribution in [2.45, 2.75) is 26.1 Å². The lowest BCUT2D eigenvalue weighted by molar-refractivity contribution is -0.119. The number of carbonyl (C=O) groups excluding carboxylic acids is 1. The van der Waals surface area contributed by atoms with E-state index in [4.69, 9.17) is 7.85 Å². The third-order valence-corrected chi connectivity index (χ3v) is 1.33. The molecule has 1 atom stereocenters. The first kappa shape index (κ1) is 9.69. The van der Waals surface area contributed by atoms with Crippen molar-refractivity contribution in [2.24, 2.45) is 0 Å². The standard InChI is InChI=1S/C5H8BNO.C2H6.H2/c6-4-3-7-2-1-5(4)8;1-2;/h4,7H,1-3H2;1-2H3;1H. The normalized spacial score (nSPS) is 25.0. The van der Waals surface area contributed by atoms with Gasteiger partial charge in [0.05, 0.1) is 7.85 Å². The van der Waals surface area contributed by atoms with Crippen molar-refractivity contribution >= 4 is 13.6 Å². The molecule has 3 heteroatoms. The van der Waals surface area contributed by atoms with E-state index in [0.29, 0.717) is 13.0 Å². The van der Waals surface area contributed by atoms with Crippen LogP contribution in [0.25, 0.3) is 0 Å². The van der Waals surface area contributed by atoms with Crippen LogP contribution in [0.3, 0.4) is 0 Å². The van der Waals surface area contributed by atoms with Crippen LogP contribution in [0.1, 0.15) is 21.7 Å². The van der Waals surface area contributed by atoms with Gasteiger partial charge in [0.15, 0.2) is 0 Å². The predicted octanol–water partition coefficient (Wildman–Crippen LogP) is 0.778. The maximum atomic E-state index is 10.6. The van der Waals surface area contributed by atoms with Crippen LogP contribution in [0, 0.1) is 0 Å². The first-order valence-corrected chi connectivity index (χ1v) is 3.80. The lowest BCUT2D eigenvalue weighted by Gasteiger charge is -2.16. The molecule has 0 aromatic heterocycles. The molecule has 0 saturated carbocycles. The molecule has 1 unspecified atom stereocenters. The highest BCUT2D eigenvalue weighted by Crippen LogP contribution is 2.05. The fraction of sp³-hybridized carbons (Fsp3) is 0.857. The summed E-state index contributed by atoms with van der Waals surface area (Å²) in [7, 11) is 5.37. The second kappa shape index (κ2) is 5.48. The van der Waals surface area contributed by atoms with Crippen LogP contribution in [0.15, 0.2) is 0 Å². The number of carbonyl (C=O) groups is 1. The van der Waals surface area contributed by atoms with Crippen LogP contribution >= 0.6 is 0 Å². The molecule has 1 fully saturated rings. The Morgan fingerprint density at radius 3 is 2.60 bits per heavy atom. The number of hydrogen-bond acceptors (Lipinski definition) is 2. The summed E-state index contributed by atoms with van der Waals surface area (Å²) in [5.41, 5.74) is 0. The summed E-state index contributed by atoms with van der Waals surface area (Å²) >= 11 is 0. The van der Waals surface area contributed by atoms with Gasteiger partial charge in [0.25, 0.3) is 0 Å². The molecule has 0 aromatic carbocycles. The first-order chi connectivity index (χ1) is 4.80. The van der Waals surface area contributed by atoms with E-state index in [9.17, 15) is 4.79 Å². The zero-order chi connectivity index (χ0) is 7.98. The third-order valence-electron chi connectivity index (χ3n) is 1.33. The monoisotopic (exact) mass is 141 g/mol. The van der Waals surface area contributed by atoms with E-state index >= 15 is 0 Å². The number of piperidine rings is 1. The molecule has 2 radical (unpaired) electrons. The number of ketones is 1. The van der Waals surface area contributed by atoms with Crippen molar-refractivity contribution in [2.75, 3.05) is 13.1 Å². The SMILES string of the molecule is CC.[B]C1CNCCC1=O.[HH]. The Morgan fingerprint density at radius 2 is 2.30 bits per heavy atom. The third kappa shape index (κ3) is 3.02. The average Bonchev–Trinajstić information content (AvgIpc) is 2.00. The molecule has 1 N–H and O–H groups in total. The number of rotatable bonds is 0. The van der Waals surface area contributed by atoms with Crippen LogP contribution < -0.4 is 5.32 Å². The Balaban J connectivity index is 0. The largest absolute Gasteiger partial charge is 0.316 e. The van der Waals surface area contributed by atoms with E-state index in [1.165, 1.54) is 0 Å². The molecule has 0 bridgehead atoms. The molecule has 0 aromatic rings. The van der Waals surface area contributed by atoms with Gasteiger partial charge in [-0.2, -0.15) is 0 Å². The van der Waals surface area contributed by atoms with Crippen LogP contribution in [0.2, 0.25) is 5.82 Å². The summed E-state index contributed by atoms with van der Waals surface area (Å²) in [5, 5.41) is 3.02. The highest BCUT2D eigenvalue weighted by molar-refractivity contribution is 6.24. The van der Waals surface area contributed by atoms with Gasteiger partial charge in [-0.15, -0.1) is 0 Å². The van der Waals surface area contributed by atoms with Gasteiger partial charge >= 0.3 is 0 Å². The number of nitrogens with one attached hydrogen (secondary N) is 1. The Kier molecular flexibility index (Phi) is 5.31. The summed E-state index contributed by atoms with van der Waals surface area (Å²) in [6.07, 6.45) is 0.598. The second-order valence-electron chi connectivity index (χ2n) is 2.03. The first-order valence-electron chi connectivity index (χ1n) is 3.80. The molecule has 2 nitrogen and oxygen atoms in total. The van der Waals surface area contributed by atoms with E-state index in [-0.39, 0.29) is 13.0 Å². The van der Waals surface area contributed by atoms with Gasteiger partial charge in [0, 0.05) is 14.4 Å². The molecule has 1 aliphatic rings. The van der Waals surface area contributed by atoms with Crippen LogP contribution in [0.5, 0.6) is 0 Å². The maximum absolute atomic E-state index is 10.6. The lowest BCUT2D eigenvalue weighted by atomic mass is 9.80. The zero-order valence-electron chi connectivity index (χ0n) is 6.68.